The average Bonchev–Trinajstić information content (AvgIpc) is 2.44. The molecule has 0 N–H and O–H groups in total. The molecule has 92 valence electrons. The number of methoxy groups -OCH3 is 1. The predicted octanol–water partition coefficient (Wildman–Crippen LogP) is 4.32. The van der Waals surface area contributed by atoms with Crippen LogP contribution >= 0.6 is 11.8 Å². The lowest BCUT2D eigenvalue weighted by Crippen LogP contribution is -2.19. The van der Waals surface area contributed by atoms with Gasteiger partial charge in [-0.15, -0.1) is 0 Å². The van der Waals surface area contributed by atoms with Gasteiger partial charge in [-0.25, -0.2) is 0 Å². The van der Waals surface area contributed by atoms with Crippen LogP contribution in [-0.2, 0) is 0 Å². The molecule has 0 fully saturated rings. The lowest BCUT2D eigenvalue weighted by atomic mass is 10.2. The Bertz CT molecular complexity index is 582. The number of ether oxygens (including phenoxy) is 1. The number of fused-ring (bicyclic) bond motifs is 2. The van der Waals surface area contributed by atoms with Crippen LogP contribution in [-0.4, -0.2) is 13.7 Å². The molecule has 0 amide bonds. The van der Waals surface area contributed by atoms with E-state index in [0.29, 0.717) is 0 Å². The summed E-state index contributed by atoms with van der Waals surface area (Å²) < 4.78 is 5.31. The maximum absolute atomic E-state index is 5.31. The summed E-state index contributed by atoms with van der Waals surface area (Å²) in [5.41, 5.74) is 2.56. The molecule has 2 aromatic rings. The highest BCUT2D eigenvalue weighted by Gasteiger charge is 2.22. The van der Waals surface area contributed by atoms with Crippen molar-refractivity contribution in [1.29, 1.82) is 0 Å². The van der Waals surface area contributed by atoms with Crippen molar-refractivity contribution < 1.29 is 4.74 Å². The van der Waals surface area contributed by atoms with Crippen LogP contribution in [0.1, 0.15) is 6.92 Å². The first-order chi connectivity index (χ1) is 8.83. The van der Waals surface area contributed by atoms with Gasteiger partial charge in [-0.05, 0) is 37.3 Å². The van der Waals surface area contributed by atoms with Crippen molar-refractivity contribution in [2.75, 3.05) is 18.6 Å². The smallest absolute Gasteiger partial charge is 0.120 e. The summed E-state index contributed by atoms with van der Waals surface area (Å²) in [6.07, 6.45) is 0. The molecule has 2 aromatic carbocycles. The number of rotatable bonds is 2. The molecule has 1 heterocycles. The minimum Gasteiger partial charge on any atom is -0.497 e. The first-order valence-electron chi connectivity index (χ1n) is 6.06. The van der Waals surface area contributed by atoms with Crippen LogP contribution in [0.4, 0.5) is 11.4 Å². The van der Waals surface area contributed by atoms with E-state index in [0.717, 1.165) is 12.3 Å². The zero-order chi connectivity index (χ0) is 12.5. The molecule has 18 heavy (non-hydrogen) atoms. The van der Waals surface area contributed by atoms with Gasteiger partial charge in [0.05, 0.1) is 18.5 Å². The molecule has 0 unspecified atom stereocenters. The fourth-order valence-electron chi connectivity index (χ4n) is 2.28. The van der Waals surface area contributed by atoms with Gasteiger partial charge < -0.3 is 9.64 Å². The number of nitrogens with zero attached hydrogens (tertiary/aromatic N) is 1. The molecule has 2 nitrogen and oxygen atoms in total. The van der Waals surface area contributed by atoms with E-state index in [1.54, 1.807) is 7.11 Å². The van der Waals surface area contributed by atoms with Crippen molar-refractivity contribution in [3.05, 3.63) is 42.5 Å². The van der Waals surface area contributed by atoms with E-state index in [4.69, 9.17) is 4.74 Å². The fraction of sp³-hybridized carbons (Fsp3) is 0.200. The van der Waals surface area contributed by atoms with Crippen molar-refractivity contribution in [2.45, 2.75) is 16.7 Å². The summed E-state index contributed by atoms with van der Waals surface area (Å²) in [5.74, 6) is 0.914. The summed E-state index contributed by atoms with van der Waals surface area (Å²) >= 11 is 1.81. The molecule has 0 bridgehead atoms. The zero-order valence-corrected chi connectivity index (χ0v) is 11.3. The highest BCUT2D eigenvalue weighted by Crippen LogP contribution is 2.48. The second-order valence-corrected chi connectivity index (χ2v) is 5.23. The zero-order valence-electron chi connectivity index (χ0n) is 10.5. The predicted molar refractivity (Wildman–Crippen MR) is 76.2 cm³/mol. The van der Waals surface area contributed by atoms with E-state index < -0.39 is 0 Å². The van der Waals surface area contributed by atoms with Gasteiger partial charge in [-0.3, -0.25) is 0 Å². The monoisotopic (exact) mass is 257 g/mol. The summed E-state index contributed by atoms with van der Waals surface area (Å²) in [5, 5.41) is 0. The van der Waals surface area contributed by atoms with Crippen molar-refractivity contribution in [3.8, 4) is 5.75 Å². The third-order valence-electron chi connectivity index (χ3n) is 3.15. The van der Waals surface area contributed by atoms with E-state index in [9.17, 15) is 0 Å². The molecular weight excluding hydrogens is 242 g/mol. The van der Waals surface area contributed by atoms with Gasteiger partial charge in [0, 0.05) is 16.3 Å². The maximum Gasteiger partial charge on any atom is 0.120 e. The lowest BCUT2D eigenvalue weighted by Gasteiger charge is -2.31. The third kappa shape index (κ3) is 1.75. The molecule has 0 aromatic heterocycles. The first kappa shape index (κ1) is 11.5. The molecular formula is C15H15NOS. The Morgan fingerprint density at radius 2 is 1.83 bits per heavy atom. The normalized spacial score (nSPS) is 12.9. The summed E-state index contributed by atoms with van der Waals surface area (Å²) in [6.45, 7) is 3.15. The molecule has 3 rings (SSSR count). The minimum atomic E-state index is 0.914. The standard InChI is InChI=1S/C15H15NOS/c1-3-16-12-6-4-5-7-14(12)18-15-10-11(17-2)8-9-13(15)16/h4-10H,3H2,1-2H3. The number of anilines is 2. The van der Waals surface area contributed by atoms with Crippen LogP contribution in [0.15, 0.2) is 52.3 Å². The van der Waals surface area contributed by atoms with E-state index in [1.165, 1.54) is 21.2 Å². The van der Waals surface area contributed by atoms with Crippen molar-refractivity contribution >= 4 is 23.1 Å². The second-order valence-electron chi connectivity index (χ2n) is 4.15. The lowest BCUT2D eigenvalue weighted by molar-refractivity contribution is 0.413. The first-order valence-corrected chi connectivity index (χ1v) is 6.87. The Balaban J connectivity index is 2.14. The topological polar surface area (TPSA) is 12.5 Å². The summed E-state index contributed by atoms with van der Waals surface area (Å²) in [6, 6.07) is 14.8. The number of para-hydroxylation sites is 1. The van der Waals surface area contributed by atoms with Crippen LogP contribution in [0.25, 0.3) is 0 Å². The van der Waals surface area contributed by atoms with Crippen molar-refractivity contribution in [2.24, 2.45) is 0 Å². The van der Waals surface area contributed by atoms with Crippen molar-refractivity contribution in [1.82, 2.24) is 0 Å². The molecule has 0 aliphatic carbocycles. The van der Waals surface area contributed by atoms with Gasteiger partial charge in [0.2, 0.25) is 0 Å². The van der Waals surface area contributed by atoms with Crippen LogP contribution in [0.5, 0.6) is 5.75 Å². The highest BCUT2D eigenvalue weighted by atomic mass is 32.2. The summed E-state index contributed by atoms with van der Waals surface area (Å²) in [7, 11) is 1.71. The Morgan fingerprint density at radius 3 is 2.61 bits per heavy atom. The van der Waals surface area contributed by atoms with E-state index in [-0.39, 0.29) is 0 Å². The number of hydrogen-bond acceptors (Lipinski definition) is 3. The van der Waals surface area contributed by atoms with Gasteiger partial charge in [0.15, 0.2) is 0 Å². The van der Waals surface area contributed by atoms with Crippen LogP contribution in [0.2, 0.25) is 0 Å². The third-order valence-corrected chi connectivity index (χ3v) is 4.26. The van der Waals surface area contributed by atoms with Crippen LogP contribution in [0.3, 0.4) is 0 Å². The Morgan fingerprint density at radius 1 is 1.06 bits per heavy atom. The molecule has 0 radical (unpaired) electrons. The van der Waals surface area contributed by atoms with Crippen LogP contribution in [0, 0.1) is 0 Å². The quantitative estimate of drug-likeness (QED) is 0.795. The molecule has 1 aliphatic heterocycles. The van der Waals surface area contributed by atoms with Gasteiger partial charge >= 0.3 is 0 Å². The van der Waals surface area contributed by atoms with Gasteiger partial charge in [0.25, 0.3) is 0 Å². The molecule has 0 saturated heterocycles. The second kappa shape index (κ2) is 4.58. The van der Waals surface area contributed by atoms with E-state index >= 15 is 0 Å². The van der Waals surface area contributed by atoms with Gasteiger partial charge in [-0.2, -0.15) is 0 Å². The minimum absolute atomic E-state index is 0.914. The molecule has 3 heteroatoms. The van der Waals surface area contributed by atoms with E-state index in [2.05, 4.69) is 48.2 Å². The fourth-order valence-corrected chi connectivity index (χ4v) is 3.41. The molecule has 0 atom stereocenters. The Hall–Kier alpha value is -1.61. The molecule has 1 aliphatic rings. The van der Waals surface area contributed by atoms with E-state index in [1.807, 2.05) is 17.8 Å². The highest BCUT2D eigenvalue weighted by molar-refractivity contribution is 7.99. The molecule has 0 saturated carbocycles. The van der Waals surface area contributed by atoms with Crippen LogP contribution < -0.4 is 9.64 Å². The SMILES string of the molecule is CCN1c2ccccc2Sc2cc(OC)ccc21. The summed E-state index contributed by atoms with van der Waals surface area (Å²) in [4.78, 5) is 4.91. The largest absolute Gasteiger partial charge is 0.497 e. The molecule has 0 spiro atoms. The van der Waals surface area contributed by atoms with Gasteiger partial charge in [0.1, 0.15) is 5.75 Å². The Labute approximate surface area is 112 Å². The Kier molecular flexibility index (Phi) is 2.92. The maximum atomic E-state index is 5.31. The number of hydrogen-bond donors (Lipinski definition) is 0. The van der Waals surface area contributed by atoms with Gasteiger partial charge in [-0.1, -0.05) is 23.9 Å². The number of benzene rings is 2. The average molecular weight is 257 g/mol. The van der Waals surface area contributed by atoms with Crippen molar-refractivity contribution in [3.63, 3.8) is 0 Å².